The standard InChI is InChI=1S/C20H25N3O3S/c1-14-3-4-19-16(11-14)12-18(15(2)21-19)20(24)23-8-6-22(7-9-23)17-5-10-27(25,26)13-17/h3-4,11-12,17H,5-10,13H2,1-2H3. The van der Waals surface area contributed by atoms with Gasteiger partial charge in [0.1, 0.15) is 0 Å². The maximum Gasteiger partial charge on any atom is 0.255 e. The molecule has 1 aromatic heterocycles. The lowest BCUT2D eigenvalue weighted by Crippen LogP contribution is -2.52. The summed E-state index contributed by atoms with van der Waals surface area (Å²) in [7, 11) is -2.88. The van der Waals surface area contributed by atoms with Gasteiger partial charge in [0.15, 0.2) is 9.84 Å². The first-order valence-corrected chi connectivity index (χ1v) is 11.3. The van der Waals surface area contributed by atoms with E-state index in [2.05, 4.69) is 16.0 Å². The number of sulfone groups is 1. The van der Waals surface area contributed by atoms with Gasteiger partial charge >= 0.3 is 0 Å². The third kappa shape index (κ3) is 3.71. The van der Waals surface area contributed by atoms with E-state index in [1.807, 2.05) is 36.9 Å². The van der Waals surface area contributed by atoms with Gasteiger partial charge < -0.3 is 4.90 Å². The highest BCUT2D eigenvalue weighted by Gasteiger charge is 2.34. The van der Waals surface area contributed by atoms with E-state index < -0.39 is 9.84 Å². The Balaban J connectivity index is 1.48. The van der Waals surface area contributed by atoms with Gasteiger partial charge in [-0.05, 0) is 38.5 Å². The molecule has 6 nitrogen and oxygen atoms in total. The number of aryl methyl sites for hydroxylation is 2. The number of carbonyl (C=O) groups excluding carboxylic acids is 1. The summed E-state index contributed by atoms with van der Waals surface area (Å²) >= 11 is 0. The van der Waals surface area contributed by atoms with E-state index in [4.69, 9.17) is 0 Å². The fourth-order valence-corrected chi connectivity index (χ4v) is 5.89. The second kappa shape index (κ2) is 6.87. The third-order valence-corrected chi connectivity index (χ3v) is 7.47. The van der Waals surface area contributed by atoms with Crippen molar-refractivity contribution in [2.45, 2.75) is 26.3 Å². The molecular formula is C20H25N3O3S. The molecule has 1 aromatic carbocycles. The monoisotopic (exact) mass is 387 g/mol. The second-order valence-corrected chi connectivity index (χ2v) is 9.93. The Morgan fingerprint density at radius 3 is 2.52 bits per heavy atom. The number of amides is 1. The number of carbonyl (C=O) groups is 1. The fraction of sp³-hybridized carbons (Fsp3) is 0.500. The van der Waals surface area contributed by atoms with Crippen LogP contribution in [0.15, 0.2) is 24.3 Å². The number of piperazine rings is 1. The molecule has 2 fully saturated rings. The number of hydrogen-bond acceptors (Lipinski definition) is 5. The molecule has 2 aromatic rings. The van der Waals surface area contributed by atoms with Gasteiger partial charge in [0, 0.05) is 37.6 Å². The number of benzene rings is 1. The van der Waals surface area contributed by atoms with Crippen molar-refractivity contribution in [3.63, 3.8) is 0 Å². The van der Waals surface area contributed by atoms with Crippen LogP contribution in [0.25, 0.3) is 10.9 Å². The molecule has 0 radical (unpaired) electrons. The van der Waals surface area contributed by atoms with Gasteiger partial charge in [-0.15, -0.1) is 0 Å². The van der Waals surface area contributed by atoms with Gasteiger partial charge in [-0.3, -0.25) is 14.7 Å². The van der Waals surface area contributed by atoms with Crippen LogP contribution in [0.3, 0.4) is 0 Å². The van der Waals surface area contributed by atoms with Gasteiger partial charge in [0.05, 0.1) is 28.3 Å². The molecular weight excluding hydrogens is 362 g/mol. The first-order chi connectivity index (χ1) is 12.8. The summed E-state index contributed by atoms with van der Waals surface area (Å²) in [6.45, 7) is 6.62. The number of fused-ring (bicyclic) bond motifs is 1. The minimum atomic E-state index is -2.88. The Morgan fingerprint density at radius 2 is 1.85 bits per heavy atom. The lowest BCUT2D eigenvalue weighted by Gasteiger charge is -2.37. The molecule has 0 aliphatic carbocycles. The molecule has 0 N–H and O–H groups in total. The first kappa shape index (κ1) is 18.4. The lowest BCUT2D eigenvalue weighted by atomic mass is 10.1. The minimum absolute atomic E-state index is 0.0158. The summed E-state index contributed by atoms with van der Waals surface area (Å²) in [5, 5.41) is 0.985. The lowest BCUT2D eigenvalue weighted by molar-refractivity contribution is 0.0587. The van der Waals surface area contributed by atoms with Crippen molar-refractivity contribution in [1.82, 2.24) is 14.8 Å². The topological polar surface area (TPSA) is 70.6 Å². The summed E-state index contributed by atoms with van der Waals surface area (Å²) in [4.78, 5) is 21.7. The third-order valence-electron chi connectivity index (χ3n) is 5.72. The van der Waals surface area contributed by atoms with E-state index in [-0.39, 0.29) is 23.5 Å². The number of aromatic nitrogens is 1. The van der Waals surface area contributed by atoms with Crippen molar-refractivity contribution >= 4 is 26.6 Å². The Morgan fingerprint density at radius 1 is 1.11 bits per heavy atom. The van der Waals surface area contributed by atoms with E-state index in [1.54, 1.807) is 0 Å². The molecule has 3 heterocycles. The van der Waals surface area contributed by atoms with Crippen LogP contribution in [0.1, 0.15) is 28.0 Å². The van der Waals surface area contributed by atoms with Crippen LogP contribution in [0.2, 0.25) is 0 Å². The van der Waals surface area contributed by atoms with Crippen LogP contribution in [-0.4, -0.2) is 72.8 Å². The molecule has 7 heteroatoms. The van der Waals surface area contributed by atoms with Crippen LogP contribution in [0, 0.1) is 13.8 Å². The van der Waals surface area contributed by atoms with Gasteiger partial charge in [0.25, 0.3) is 5.91 Å². The zero-order valence-electron chi connectivity index (χ0n) is 15.8. The number of pyridine rings is 1. The molecule has 2 aliphatic heterocycles. The zero-order chi connectivity index (χ0) is 19.2. The molecule has 2 saturated heterocycles. The van der Waals surface area contributed by atoms with Crippen molar-refractivity contribution in [3.8, 4) is 0 Å². The van der Waals surface area contributed by atoms with Crippen LogP contribution in [0.5, 0.6) is 0 Å². The Hall–Kier alpha value is -1.99. The van der Waals surface area contributed by atoms with Crippen molar-refractivity contribution < 1.29 is 13.2 Å². The van der Waals surface area contributed by atoms with Crippen molar-refractivity contribution in [1.29, 1.82) is 0 Å². The summed E-state index contributed by atoms with van der Waals surface area (Å²) < 4.78 is 23.4. The summed E-state index contributed by atoms with van der Waals surface area (Å²) in [5.41, 5.74) is 3.46. The molecule has 27 heavy (non-hydrogen) atoms. The number of rotatable bonds is 2. The van der Waals surface area contributed by atoms with E-state index in [9.17, 15) is 13.2 Å². The average Bonchev–Trinajstić information content (AvgIpc) is 3.01. The van der Waals surface area contributed by atoms with E-state index in [1.165, 1.54) is 0 Å². The number of nitrogens with zero attached hydrogens (tertiary/aromatic N) is 3. The Kier molecular flexibility index (Phi) is 4.68. The fourth-order valence-electron chi connectivity index (χ4n) is 4.13. The largest absolute Gasteiger partial charge is 0.336 e. The highest BCUT2D eigenvalue weighted by Crippen LogP contribution is 2.22. The normalized spacial score (nSPS) is 23.0. The van der Waals surface area contributed by atoms with E-state index in [0.717, 1.165) is 35.2 Å². The summed E-state index contributed by atoms with van der Waals surface area (Å²) in [6.07, 6.45) is 0.712. The first-order valence-electron chi connectivity index (χ1n) is 9.44. The molecule has 2 aliphatic rings. The highest BCUT2D eigenvalue weighted by atomic mass is 32.2. The van der Waals surface area contributed by atoms with Gasteiger partial charge in [-0.25, -0.2) is 8.42 Å². The molecule has 4 rings (SSSR count). The Labute approximate surface area is 160 Å². The Bertz CT molecular complexity index is 995. The molecule has 0 spiro atoms. The van der Waals surface area contributed by atoms with Crippen molar-refractivity contribution in [2.24, 2.45) is 0 Å². The zero-order valence-corrected chi connectivity index (χ0v) is 16.6. The predicted molar refractivity (Wildman–Crippen MR) is 106 cm³/mol. The molecule has 144 valence electrons. The smallest absolute Gasteiger partial charge is 0.255 e. The number of hydrogen-bond donors (Lipinski definition) is 0. The van der Waals surface area contributed by atoms with E-state index >= 15 is 0 Å². The van der Waals surface area contributed by atoms with Crippen molar-refractivity contribution in [2.75, 3.05) is 37.7 Å². The van der Waals surface area contributed by atoms with Crippen molar-refractivity contribution in [3.05, 3.63) is 41.1 Å². The highest BCUT2D eigenvalue weighted by molar-refractivity contribution is 7.91. The van der Waals surface area contributed by atoms with Gasteiger partial charge in [-0.1, -0.05) is 11.6 Å². The van der Waals surface area contributed by atoms with Crippen LogP contribution in [-0.2, 0) is 9.84 Å². The minimum Gasteiger partial charge on any atom is -0.336 e. The summed E-state index contributed by atoms with van der Waals surface area (Å²) in [5.74, 6) is 0.564. The van der Waals surface area contributed by atoms with E-state index in [0.29, 0.717) is 25.1 Å². The molecule has 1 unspecified atom stereocenters. The molecule has 1 amide bonds. The maximum absolute atomic E-state index is 13.1. The molecule has 0 bridgehead atoms. The average molecular weight is 388 g/mol. The maximum atomic E-state index is 13.1. The van der Waals surface area contributed by atoms with Gasteiger partial charge in [-0.2, -0.15) is 0 Å². The van der Waals surface area contributed by atoms with Crippen LogP contribution in [0.4, 0.5) is 0 Å². The quantitative estimate of drug-likeness (QED) is 0.786. The van der Waals surface area contributed by atoms with Crippen LogP contribution < -0.4 is 0 Å². The van der Waals surface area contributed by atoms with Gasteiger partial charge in [0.2, 0.25) is 0 Å². The van der Waals surface area contributed by atoms with Crippen LogP contribution >= 0.6 is 0 Å². The second-order valence-electron chi connectivity index (χ2n) is 7.70. The molecule has 1 atom stereocenters. The molecule has 0 saturated carbocycles. The SMILES string of the molecule is Cc1ccc2nc(C)c(C(=O)N3CCN(C4CCS(=O)(=O)C4)CC3)cc2c1. The summed E-state index contributed by atoms with van der Waals surface area (Å²) in [6, 6.07) is 8.12. The predicted octanol–water partition coefficient (Wildman–Crippen LogP) is 1.80.